The van der Waals surface area contributed by atoms with Crippen molar-refractivity contribution in [3.8, 4) is 11.4 Å². The molecular formula is C26H24N4O2. The molecule has 0 aliphatic heterocycles. The molecule has 6 nitrogen and oxygen atoms in total. The number of H-pyrrole nitrogens is 1. The molecule has 0 bridgehead atoms. The highest BCUT2D eigenvalue weighted by molar-refractivity contribution is 5.80. The van der Waals surface area contributed by atoms with Gasteiger partial charge in [0.25, 0.3) is 5.56 Å². The summed E-state index contributed by atoms with van der Waals surface area (Å²) in [5, 5.41) is 3.15. The first-order valence-corrected chi connectivity index (χ1v) is 10.4. The van der Waals surface area contributed by atoms with Crippen LogP contribution in [0.2, 0.25) is 0 Å². The second kappa shape index (κ2) is 8.98. The molecule has 0 saturated carbocycles. The molecule has 32 heavy (non-hydrogen) atoms. The van der Waals surface area contributed by atoms with Crippen molar-refractivity contribution in [3.05, 3.63) is 118 Å². The van der Waals surface area contributed by atoms with Gasteiger partial charge < -0.3 is 10.3 Å². The first-order valence-electron chi connectivity index (χ1n) is 10.4. The Labute approximate surface area is 186 Å². The third kappa shape index (κ3) is 4.34. The largest absolute Gasteiger partial charge is 0.342 e. The predicted octanol–water partition coefficient (Wildman–Crippen LogP) is 3.76. The minimum absolute atomic E-state index is 0.0727. The van der Waals surface area contributed by atoms with Crippen molar-refractivity contribution in [1.29, 1.82) is 0 Å². The number of nitrogens with zero attached hydrogens (tertiary/aromatic N) is 2. The van der Waals surface area contributed by atoms with Crippen LogP contribution in [0, 0.1) is 6.92 Å². The van der Waals surface area contributed by atoms with E-state index in [1.807, 2.05) is 73.7 Å². The van der Waals surface area contributed by atoms with Crippen molar-refractivity contribution in [3.63, 3.8) is 0 Å². The highest BCUT2D eigenvalue weighted by atomic mass is 16.2. The lowest BCUT2D eigenvalue weighted by Crippen LogP contribution is -2.45. The van der Waals surface area contributed by atoms with E-state index in [1.54, 1.807) is 25.4 Å². The fourth-order valence-corrected chi connectivity index (χ4v) is 3.80. The van der Waals surface area contributed by atoms with E-state index in [0.29, 0.717) is 22.6 Å². The Balaban J connectivity index is 1.63. The van der Waals surface area contributed by atoms with Crippen LogP contribution in [-0.4, -0.2) is 20.9 Å². The molecule has 0 unspecified atom stereocenters. The number of carbonyl (C=O) groups excluding carboxylic acids is 1. The van der Waals surface area contributed by atoms with Crippen LogP contribution >= 0.6 is 0 Å². The SMILES string of the molecule is Cc1nc(-c2cccnc2)[nH]c(=O)c1CC(=O)NC(C)(c1ccccc1)c1ccccc1. The van der Waals surface area contributed by atoms with Crippen LogP contribution in [0.15, 0.2) is 90.0 Å². The fourth-order valence-electron chi connectivity index (χ4n) is 3.80. The van der Waals surface area contributed by atoms with Crippen molar-refractivity contribution in [2.45, 2.75) is 25.8 Å². The lowest BCUT2D eigenvalue weighted by molar-refractivity contribution is -0.121. The molecular weight excluding hydrogens is 400 g/mol. The van der Waals surface area contributed by atoms with E-state index < -0.39 is 5.54 Å². The summed E-state index contributed by atoms with van der Waals surface area (Å²) in [5.74, 6) is 0.174. The van der Waals surface area contributed by atoms with Gasteiger partial charge in [-0.2, -0.15) is 0 Å². The highest BCUT2D eigenvalue weighted by Crippen LogP contribution is 2.29. The van der Waals surface area contributed by atoms with E-state index in [0.717, 1.165) is 11.1 Å². The first-order chi connectivity index (χ1) is 15.5. The molecule has 0 spiro atoms. The van der Waals surface area contributed by atoms with E-state index in [2.05, 4.69) is 20.3 Å². The average molecular weight is 425 g/mol. The first kappa shape index (κ1) is 21.2. The van der Waals surface area contributed by atoms with Gasteiger partial charge in [0.15, 0.2) is 0 Å². The highest BCUT2D eigenvalue weighted by Gasteiger charge is 2.31. The number of nitrogens with one attached hydrogen (secondary N) is 2. The molecule has 6 heteroatoms. The van der Waals surface area contributed by atoms with Crippen molar-refractivity contribution in [1.82, 2.24) is 20.3 Å². The number of hydrogen-bond acceptors (Lipinski definition) is 4. The van der Waals surface area contributed by atoms with E-state index >= 15 is 0 Å². The van der Waals surface area contributed by atoms with Crippen LogP contribution in [0.1, 0.15) is 29.3 Å². The van der Waals surface area contributed by atoms with Crippen molar-refractivity contribution >= 4 is 5.91 Å². The minimum Gasteiger partial charge on any atom is -0.342 e. The standard InChI is InChI=1S/C26H24N4O2/c1-18-22(25(32)29-24(28-18)19-10-9-15-27-17-19)16-23(31)30-26(2,20-11-5-3-6-12-20)21-13-7-4-8-14-21/h3-15,17H,16H2,1-2H3,(H,30,31)(H,28,29,32). The second-order valence-electron chi connectivity index (χ2n) is 7.80. The van der Waals surface area contributed by atoms with Gasteiger partial charge in [-0.05, 0) is 37.1 Å². The fraction of sp³-hybridized carbons (Fsp3) is 0.154. The van der Waals surface area contributed by atoms with E-state index in [1.165, 1.54) is 0 Å². The Kier molecular flexibility index (Phi) is 5.94. The third-order valence-electron chi connectivity index (χ3n) is 5.59. The lowest BCUT2D eigenvalue weighted by atomic mass is 9.84. The summed E-state index contributed by atoms with van der Waals surface area (Å²) in [7, 11) is 0. The zero-order valence-electron chi connectivity index (χ0n) is 18.0. The van der Waals surface area contributed by atoms with Gasteiger partial charge in [0, 0.05) is 29.2 Å². The maximum atomic E-state index is 13.1. The molecule has 0 aliphatic rings. The molecule has 0 atom stereocenters. The zero-order valence-corrected chi connectivity index (χ0v) is 18.0. The molecule has 1 amide bonds. The van der Waals surface area contributed by atoms with Crippen LogP contribution in [-0.2, 0) is 16.8 Å². The van der Waals surface area contributed by atoms with Gasteiger partial charge in [-0.15, -0.1) is 0 Å². The summed E-state index contributed by atoms with van der Waals surface area (Å²) in [6.07, 6.45) is 3.22. The second-order valence-corrected chi connectivity index (χ2v) is 7.80. The van der Waals surface area contributed by atoms with Crippen LogP contribution in [0.5, 0.6) is 0 Å². The Bertz CT molecular complexity index is 1230. The summed E-state index contributed by atoms with van der Waals surface area (Å²) >= 11 is 0. The van der Waals surface area contributed by atoms with Crippen molar-refractivity contribution in [2.75, 3.05) is 0 Å². The van der Waals surface area contributed by atoms with Gasteiger partial charge in [-0.1, -0.05) is 60.7 Å². The molecule has 4 aromatic rings. The Morgan fingerprint density at radius 3 is 2.12 bits per heavy atom. The maximum Gasteiger partial charge on any atom is 0.255 e. The molecule has 4 rings (SSSR count). The van der Waals surface area contributed by atoms with Gasteiger partial charge in [0.05, 0.1) is 12.0 Å². The summed E-state index contributed by atoms with van der Waals surface area (Å²) < 4.78 is 0. The number of hydrogen-bond donors (Lipinski definition) is 2. The lowest BCUT2D eigenvalue weighted by Gasteiger charge is -2.32. The van der Waals surface area contributed by atoms with Crippen molar-refractivity contribution < 1.29 is 4.79 Å². The topological polar surface area (TPSA) is 87.7 Å². The van der Waals surface area contributed by atoms with Crippen molar-refractivity contribution in [2.24, 2.45) is 0 Å². The molecule has 2 aromatic carbocycles. The van der Waals surface area contributed by atoms with Crippen LogP contribution in [0.25, 0.3) is 11.4 Å². The van der Waals surface area contributed by atoms with Crippen LogP contribution in [0.3, 0.4) is 0 Å². The Hall–Kier alpha value is -4.06. The van der Waals surface area contributed by atoms with Gasteiger partial charge in [-0.25, -0.2) is 4.98 Å². The summed E-state index contributed by atoms with van der Waals surface area (Å²) in [6.45, 7) is 3.71. The molecule has 2 N–H and O–H groups in total. The normalized spacial score (nSPS) is 11.2. The molecule has 0 radical (unpaired) electrons. The van der Waals surface area contributed by atoms with E-state index in [-0.39, 0.29) is 17.9 Å². The van der Waals surface area contributed by atoms with Gasteiger partial charge >= 0.3 is 0 Å². The van der Waals surface area contributed by atoms with Crippen LogP contribution < -0.4 is 10.9 Å². The van der Waals surface area contributed by atoms with Gasteiger partial charge in [-0.3, -0.25) is 14.6 Å². The Morgan fingerprint density at radius 2 is 1.59 bits per heavy atom. The van der Waals surface area contributed by atoms with E-state index in [4.69, 9.17) is 0 Å². The minimum atomic E-state index is -0.747. The van der Waals surface area contributed by atoms with Gasteiger partial charge in [0.2, 0.25) is 5.91 Å². The van der Waals surface area contributed by atoms with Crippen LogP contribution in [0.4, 0.5) is 0 Å². The third-order valence-corrected chi connectivity index (χ3v) is 5.59. The number of rotatable bonds is 6. The summed E-state index contributed by atoms with van der Waals surface area (Å²) in [5.41, 5.74) is 2.41. The predicted molar refractivity (Wildman–Crippen MR) is 124 cm³/mol. The monoisotopic (exact) mass is 424 g/mol. The number of pyridine rings is 1. The number of aromatic nitrogens is 3. The smallest absolute Gasteiger partial charge is 0.255 e. The maximum absolute atomic E-state index is 13.1. The number of carbonyl (C=O) groups is 1. The average Bonchev–Trinajstić information content (AvgIpc) is 2.83. The van der Waals surface area contributed by atoms with E-state index in [9.17, 15) is 9.59 Å². The molecule has 2 heterocycles. The molecule has 2 aromatic heterocycles. The zero-order chi connectivity index (χ0) is 22.6. The molecule has 160 valence electrons. The molecule has 0 saturated heterocycles. The molecule has 0 fully saturated rings. The number of aromatic amines is 1. The quantitative estimate of drug-likeness (QED) is 0.493. The number of benzene rings is 2. The number of aryl methyl sites for hydroxylation is 1. The Morgan fingerprint density at radius 1 is 0.969 bits per heavy atom. The molecule has 0 aliphatic carbocycles. The summed E-state index contributed by atoms with van der Waals surface area (Å²) in [6, 6.07) is 23.2. The summed E-state index contributed by atoms with van der Waals surface area (Å²) in [4.78, 5) is 37.2. The van der Waals surface area contributed by atoms with Gasteiger partial charge in [0.1, 0.15) is 5.82 Å². The number of amides is 1.